The van der Waals surface area contributed by atoms with Crippen molar-refractivity contribution >= 4 is 11.6 Å². The molecule has 5 nitrogen and oxygen atoms in total. The van der Waals surface area contributed by atoms with E-state index in [0.29, 0.717) is 11.6 Å². The van der Waals surface area contributed by atoms with Crippen LogP contribution in [0.5, 0.6) is 0 Å². The van der Waals surface area contributed by atoms with Crippen LogP contribution in [0.4, 0.5) is 11.6 Å². The standard InChI is InChI=1S/C10H16N4O/c11-8-5-12-9(13-6-8)14-7-10(1-2-10)3-4-15/h5-6,15H,1-4,7,11H2,(H,12,13,14). The molecule has 0 spiro atoms. The van der Waals surface area contributed by atoms with Gasteiger partial charge in [0, 0.05) is 13.2 Å². The molecule has 5 heteroatoms. The molecule has 0 aliphatic heterocycles. The molecule has 0 bridgehead atoms. The number of nitrogen functional groups attached to an aromatic ring is 1. The predicted molar refractivity (Wildman–Crippen MR) is 58.3 cm³/mol. The fraction of sp³-hybridized carbons (Fsp3) is 0.600. The summed E-state index contributed by atoms with van der Waals surface area (Å²) in [5.41, 5.74) is 6.33. The van der Waals surface area contributed by atoms with Gasteiger partial charge in [-0.1, -0.05) is 0 Å². The minimum atomic E-state index is 0.254. The lowest BCUT2D eigenvalue weighted by atomic mass is 10.0. The fourth-order valence-electron chi connectivity index (χ4n) is 1.62. The van der Waals surface area contributed by atoms with Crippen molar-refractivity contribution in [1.29, 1.82) is 0 Å². The van der Waals surface area contributed by atoms with E-state index >= 15 is 0 Å². The lowest BCUT2D eigenvalue weighted by Gasteiger charge is -2.14. The molecule has 4 N–H and O–H groups in total. The molecule has 1 aliphatic carbocycles. The van der Waals surface area contributed by atoms with Crippen molar-refractivity contribution in [2.75, 3.05) is 24.2 Å². The summed E-state index contributed by atoms with van der Waals surface area (Å²) in [6, 6.07) is 0. The van der Waals surface area contributed by atoms with Crippen molar-refractivity contribution in [1.82, 2.24) is 9.97 Å². The third kappa shape index (κ3) is 2.56. The Balaban J connectivity index is 1.85. The zero-order valence-corrected chi connectivity index (χ0v) is 8.61. The van der Waals surface area contributed by atoms with Crippen molar-refractivity contribution in [3.8, 4) is 0 Å². The van der Waals surface area contributed by atoms with Gasteiger partial charge in [-0.05, 0) is 24.7 Å². The van der Waals surface area contributed by atoms with Gasteiger partial charge < -0.3 is 16.2 Å². The predicted octanol–water partition coefficient (Wildman–Crippen LogP) is 0.633. The van der Waals surface area contributed by atoms with Crippen molar-refractivity contribution < 1.29 is 5.11 Å². The largest absolute Gasteiger partial charge is 0.396 e. The van der Waals surface area contributed by atoms with Crippen LogP contribution in [0.3, 0.4) is 0 Å². The molecular formula is C10H16N4O. The van der Waals surface area contributed by atoms with Gasteiger partial charge in [0.1, 0.15) is 0 Å². The number of nitrogens with two attached hydrogens (primary N) is 1. The van der Waals surface area contributed by atoms with Crippen molar-refractivity contribution in [2.45, 2.75) is 19.3 Å². The summed E-state index contributed by atoms with van der Waals surface area (Å²) in [7, 11) is 0. The Kier molecular flexibility index (Phi) is 2.73. The lowest BCUT2D eigenvalue weighted by molar-refractivity contribution is 0.253. The van der Waals surface area contributed by atoms with Crippen LogP contribution in [-0.4, -0.2) is 28.2 Å². The molecule has 1 heterocycles. The summed E-state index contributed by atoms with van der Waals surface area (Å²) < 4.78 is 0. The first kappa shape index (κ1) is 10.2. The highest BCUT2D eigenvalue weighted by molar-refractivity contribution is 5.36. The molecule has 1 aromatic heterocycles. The molecule has 0 atom stereocenters. The molecule has 82 valence electrons. The molecule has 1 fully saturated rings. The lowest BCUT2D eigenvalue weighted by Crippen LogP contribution is -2.18. The van der Waals surface area contributed by atoms with E-state index in [4.69, 9.17) is 10.8 Å². The highest BCUT2D eigenvalue weighted by Gasteiger charge is 2.41. The summed E-state index contributed by atoms with van der Waals surface area (Å²) in [6.07, 6.45) is 6.38. The van der Waals surface area contributed by atoms with Gasteiger partial charge in [0.05, 0.1) is 18.1 Å². The smallest absolute Gasteiger partial charge is 0.222 e. The van der Waals surface area contributed by atoms with Crippen LogP contribution in [0, 0.1) is 5.41 Å². The van der Waals surface area contributed by atoms with E-state index in [-0.39, 0.29) is 12.0 Å². The van der Waals surface area contributed by atoms with Crippen LogP contribution >= 0.6 is 0 Å². The average Bonchev–Trinajstić information content (AvgIpc) is 2.99. The first-order chi connectivity index (χ1) is 7.24. The number of rotatable bonds is 5. The molecule has 0 aromatic carbocycles. The first-order valence-corrected chi connectivity index (χ1v) is 5.16. The zero-order chi connectivity index (χ0) is 10.7. The van der Waals surface area contributed by atoms with Crippen molar-refractivity contribution in [3.63, 3.8) is 0 Å². The summed E-state index contributed by atoms with van der Waals surface area (Å²) >= 11 is 0. The fourth-order valence-corrected chi connectivity index (χ4v) is 1.62. The number of aliphatic hydroxyl groups is 1. The number of hydrogen-bond acceptors (Lipinski definition) is 5. The van der Waals surface area contributed by atoms with Crippen molar-refractivity contribution in [3.05, 3.63) is 12.4 Å². The Morgan fingerprint density at radius 1 is 1.40 bits per heavy atom. The molecular weight excluding hydrogens is 192 g/mol. The van der Waals surface area contributed by atoms with Gasteiger partial charge in [0.2, 0.25) is 5.95 Å². The normalized spacial score (nSPS) is 17.4. The van der Waals surface area contributed by atoms with Crippen LogP contribution in [0.15, 0.2) is 12.4 Å². The molecule has 15 heavy (non-hydrogen) atoms. The minimum absolute atomic E-state index is 0.254. The van der Waals surface area contributed by atoms with Crippen LogP contribution in [0.1, 0.15) is 19.3 Å². The Labute approximate surface area is 88.7 Å². The van der Waals surface area contributed by atoms with Gasteiger partial charge in [-0.15, -0.1) is 0 Å². The van der Waals surface area contributed by atoms with Crippen LogP contribution < -0.4 is 11.1 Å². The Hall–Kier alpha value is -1.36. The number of anilines is 2. The first-order valence-electron chi connectivity index (χ1n) is 5.16. The molecule has 0 saturated heterocycles. The second kappa shape index (κ2) is 4.02. The number of aliphatic hydroxyl groups excluding tert-OH is 1. The molecule has 0 amide bonds. The van der Waals surface area contributed by atoms with E-state index in [1.807, 2.05) is 0 Å². The second-order valence-corrected chi connectivity index (χ2v) is 4.17. The van der Waals surface area contributed by atoms with E-state index in [0.717, 1.165) is 13.0 Å². The Morgan fingerprint density at radius 2 is 2.07 bits per heavy atom. The third-order valence-corrected chi connectivity index (χ3v) is 2.89. The monoisotopic (exact) mass is 208 g/mol. The SMILES string of the molecule is Nc1cnc(NCC2(CCO)CC2)nc1. The molecule has 0 unspecified atom stereocenters. The van der Waals surface area contributed by atoms with Gasteiger partial charge in [-0.3, -0.25) is 0 Å². The van der Waals surface area contributed by atoms with E-state index in [1.54, 1.807) is 12.4 Å². The minimum Gasteiger partial charge on any atom is -0.396 e. The summed E-state index contributed by atoms with van der Waals surface area (Å²) in [5.74, 6) is 0.605. The molecule has 1 saturated carbocycles. The third-order valence-electron chi connectivity index (χ3n) is 2.89. The molecule has 1 aliphatic rings. The van der Waals surface area contributed by atoms with Gasteiger partial charge in [0.25, 0.3) is 0 Å². The van der Waals surface area contributed by atoms with Gasteiger partial charge in [-0.25, -0.2) is 9.97 Å². The maximum Gasteiger partial charge on any atom is 0.222 e. The molecule has 1 aromatic rings. The summed E-state index contributed by atoms with van der Waals surface area (Å²) in [5, 5.41) is 12.1. The van der Waals surface area contributed by atoms with Crippen LogP contribution in [0.25, 0.3) is 0 Å². The van der Waals surface area contributed by atoms with Crippen LogP contribution in [-0.2, 0) is 0 Å². The van der Waals surface area contributed by atoms with Crippen molar-refractivity contribution in [2.24, 2.45) is 5.41 Å². The number of nitrogens with zero attached hydrogens (tertiary/aromatic N) is 2. The maximum absolute atomic E-state index is 8.90. The highest BCUT2D eigenvalue weighted by atomic mass is 16.3. The number of hydrogen-bond donors (Lipinski definition) is 3. The van der Waals surface area contributed by atoms with Gasteiger partial charge in [-0.2, -0.15) is 0 Å². The summed E-state index contributed by atoms with van der Waals surface area (Å²) in [6.45, 7) is 1.09. The van der Waals surface area contributed by atoms with E-state index in [9.17, 15) is 0 Å². The van der Waals surface area contributed by atoms with E-state index < -0.39 is 0 Å². The zero-order valence-electron chi connectivity index (χ0n) is 8.61. The number of nitrogens with one attached hydrogen (secondary N) is 1. The second-order valence-electron chi connectivity index (χ2n) is 4.17. The molecule has 0 radical (unpaired) electrons. The summed E-state index contributed by atoms with van der Waals surface area (Å²) in [4.78, 5) is 8.12. The number of aromatic nitrogens is 2. The van der Waals surface area contributed by atoms with E-state index in [1.165, 1.54) is 12.8 Å². The Morgan fingerprint density at radius 3 is 2.60 bits per heavy atom. The highest BCUT2D eigenvalue weighted by Crippen LogP contribution is 2.48. The quantitative estimate of drug-likeness (QED) is 0.661. The van der Waals surface area contributed by atoms with E-state index in [2.05, 4.69) is 15.3 Å². The molecule has 2 rings (SSSR count). The maximum atomic E-state index is 8.90. The van der Waals surface area contributed by atoms with Crippen LogP contribution in [0.2, 0.25) is 0 Å². The average molecular weight is 208 g/mol. The topological polar surface area (TPSA) is 84.1 Å². The van der Waals surface area contributed by atoms with Gasteiger partial charge >= 0.3 is 0 Å². The Bertz CT molecular complexity index is 321. The van der Waals surface area contributed by atoms with Gasteiger partial charge in [0.15, 0.2) is 0 Å².